The molecule has 0 saturated carbocycles. The number of benzene rings is 2. The maximum atomic E-state index is 13.3. The molecule has 1 saturated heterocycles. The zero-order chi connectivity index (χ0) is 21.0. The van der Waals surface area contributed by atoms with Crippen LogP contribution in [0.4, 0.5) is 4.79 Å². The van der Waals surface area contributed by atoms with Gasteiger partial charge in [-0.25, -0.2) is 9.59 Å². The maximum Gasteiger partial charge on any atom is 0.336 e. The van der Waals surface area contributed by atoms with Crippen LogP contribution in [-0.4, -0.2) is 16.8 Å². The first-order valence-electron chi connectivity index (χ1n) is 9.84. The Kier molecular flexibility index (Phi) is 4.22. The Bertz CT molecular complexity index is 1280. The zero-order valence-electron chi connectivity index (χ0n) is 16.3. The first kappa shape index (κ1) is 18.9. The highest BCUT2D eigenvalue weighted by molar-refractivity contribution is 6.32. The highest BCUT2D eigenvalue weighted by Crippen LogP contribution is 2.35. The third-order valence-electron chi connectivity index (χ3n) is 6.06. The predicted octanol–water partition coefficient (Wildman–Crippen LogP) is 3.90. The van der Waals surface area contributed by atoms with Gasteiger partial charge in [-0.2, -0.15) is 0 Å². The van der Waals surface area contributed by atoms with Gasteiger partial charge in [0.25, 0.3) is 5.91 Å². The van der Waals surface area contributed by atoms with Crippen LogP contribution in [0.15, 0.2) is 51.7 Å². The van der Waals surface area contributed by atoms with E-state index in [0.29, 0.717) is 21.7 Å². The normalized spacial score (nSPS) is 20.7. The Balaban J connectivity index is 1.56. The van der Waals surface area contributed by atoms with Gasteiger partial charge in [0.05, 0.1) is 6.54 Å². The molecule has 1 aliphatic heterocycles. The quantitative estimate of drug-likeness (QED) is 0.512. The number of carbonyl (C=O) groups excluding carboxylic acids is 2. The number of urea groups is 1. The summed E-state index contributed by atoms with van der Waals surface area (Å²) in [5.74, 6) is -0.414. The van der Waals surface area contributed by atoms with E-state index in [0.717, 1.165) is 29.5 Å². The van der Waals surface area contributed by atoms with E-state index in [1.807, 2.05) is 12.1 Å². The number of imide groups is 1. The minimum Gasteiger partial charge on any atom is -0.423 e. The van der Waals surface area contributed by atoms with Crippen LogP contribution in [0.1, 0.15) is 35.6 Å². The van der Waals surface area contributed by atoms with E-state index in [2.05, 4.69) is 5.32 Å². The van der Waals surface area contributed by atoms with Crippen LogP contribution in [0, 0.1) is 0 Å². The zero-order valence-corrected chi connectivity index (χ0v) is 17.1. The molecule has 0 unspecified atom stereocenters. The molecule has 6 nitrogen and oxygen atoms in total. The third kappa shape index (κ3) is 2.82. The van der Waals surface area contributed by atoms with Crippen LogP contribution < -0.4 is 10.9 Å². The Morgan fingerprint density at radius 3 is 2.60 bits per heavy atom. The van der Waals surface area contributed by atoms with Crippen molar-refractivity contribution in [2.75, 3.05) is 0 Å². The van der Waals surface area contributed by atoms with Crippen LogP contribution in [0.3, 0.4) is 0 Å². The SMILES string of the molecule is C[C@]1(c2ccccc2Cl)NC(=O)N(Cc2cc(=O)oc3cc4c(cc23)CCC4)C1=O. The molecule has 0 spiro atoms. The molecule has 7 heteroatoms. The Hall–Kier alpha value is -3.12. The molecule has 0 bridgehead atoms. The predicted molar refractivity (Wildman–Crippen MR) is 112 cm³/mol. The summed E-state index contributed by atoms with van der Waals surface area (Å²) in [5.41, 5.74) is 2.23. The fourth-order valence-electron chi connectivity index (χ4n) is 4.49. The standard InChI is InChI=1S/C23H19ClN2O4/c1-23(17-7-2-3-8-18(17)24)21(28)26(22(29)25-23)12-15-11-20(27)30-19-10-14-6-4-5-13(14)9-16(15)19/h2-3,7-11H,4-6,12H2,1H3,(H,25,29)/t23-/m1/s1. The van der Waals surface area contributed by atoms with Crippen molar-refractivity contribution in [2.24, 2.45) is 0 Å². The van der Waals surface area contributed by atoms with Gasteiger partial charge in [0.15, 0.2) is 0 Å². The number of halogens is 1. The van der Waals surface area contributed by atoms with E-state index in [1.54, 1.807) is 31.2 Å². The second-order valence-corrected chi connectivity index (χ2v) is 8.39. The van der Waals surface area contributed by atoms with Gasteiger partial charge in [-0.3, -0.25) is 9.69 Å². The summed E-state index contributed by atoms with van der Waals surface area (Å²) in [4.78, 5) is 39.3. The summed E-state index contributed by atoms with van der Waals surface area (Å²) >= 11 is 6.29. The van der Waals surface area contributed by atoms with Crippen molar-refractivity contribution in [3.8, 4) is 0 Å². The van der Waals surface area contributed by atoms with Crippen LogP contribution in [0.2, 0.25) is 5.02 Å². The molecule has 1 fully saturated rings. The number of fused-ring (bicyclic) bond motifs is 2. The number of aryl methyl sites for hydroxylation is 2. The average molecular weight is 423 g/mol. The number of amides is 3. The van der Waals surface area contributed by atoms with E-state index < -0.39 is 23.1 Å². The molecule has 1 atom stereocenters. The van der Waals surface area contributed by atoms with Crippen LogP contribution in [0.5, 0.6) is 0 Å². The van der Waals surface area contributed by atoms with Crippen molar-refractivity contribution in [1.82, 2.24) is 10.2 Å². The van der Waals surface area contributed by atoms with Crippen molar-refractivity contribution in [3.63, 3.8) is 0 Å². The summed E-state index contributed by atoms with van der Waals surface area (Å²) in [6.07, 6.45) is 2.99. The summed E-state index contributed by atoms with van der Waals surface area (Å²) in [6.45, 7) is 1.62. The molecule has 3 aromatic rings. The topological polar surface area (TPSA) is 79.6 Å². The van der Waals surface area contributed by atoms with Crippen LogP contribution in [-0.2, 0) is 29.7 Å². The molecule has 1 aliphatic carbocycles. The van der Waals surface area contributed by atoms with E-state index in [9.17, 15) is 14.4 Å². The van der Waals surface area contributed by atoms with E-state index in [4.69, 9.17) is 16.0 Å². The third-order valence-corrected chi connectivity index (χ3v) is 6.39. The van der Waals surface area contributed by atoms with Gasteiger partial charge in [-0.05, 0) is 61.1 Å². The minimum atomic E-state index is -1.27. The monoisotopic (exact) mass is 422 g/mol. The molecule has 1 N–H and O–H groups in total. The summed E-state index contributed by atoms with van der Waals surface area (Å²) in [7, 11) is 0. The van der Waals surface area contributed by atoms with Gasteiger partial charge in [0, 0.05) is 22.0 Å². The van der Waals surface area contributed by atoms with Crippen molar-refractivity contribution < 1.29 is 14.0 Å². The molecule has 5 rings (SSSR count). The smallest absolute Gasteiger partial charge is 0.336 e. The molecule has 3 amide bonds. The van der Waals surface area contributed by atoms with E-state index in [-0.39, 0.29) is 6.54 Å². The van der Waals surface area contributed by atoms with Gasteiger partial charge in [0.2, 0.25) is 0 Å². The Labute approximate surface area is 177 Å². The van der Waals surface area contributed by atoms with Gasteiger partial charge >= 0.3 is 11.7 Å². The number of hydrogen-bond acceptors (Lipinski definition) is 4. The minimum absolute atomic E-state index is 0.0222. The molecule has 152 valence electrons. The fraction of sp³-hybridized carbons (Fsp3) is 0.261. The molecular weight excluding hydrogens is 404 g/mol. The van der Waals surface area contributed by atoms with Crippen LogP contribution in [0.25, 0.3) is 11.0 Å². The second kappa shape index (κ2) is 6.71. The molecular formula is C23H19ClN2O4. The fourth-order valence-corrected chi connectivity index (χ4v) is 4.81. The molecule has 0 radical (unpaired) electrons. The first-order valence-corrected chi connectivity index (χ1v) is 10.2. The van der Waals surface area contributed by atoms with Crippen LogP contribution >= 0.6 is 11.6 Å². The van der Waals surface area contributed by atoms with Gasteiger partial charge in [0.1, 0.15) is 11.1 Å². The number of carbonyl (C=O) groups is 2. The lowest BCUT2D eigenvalue weighted by atomic mass is 9.92. The molecule has 2 aromatic carbocycles. The lowest BCUT2D eigenvalue weighted by Crippen LogP contribution is -2.41. The summed E-state index contributed by atoms with van der Waals surface area (Å²) < 4.78 is 5.39. The highest BCUT2D eigenvalue weighted by atomic mass is 35.5. The molecule has 30 heavy (non-hydrogen) atoms. The first-order chi connectivity index (χ1) is 14.4. The molecule has 2 heterocycles. The number of nitrogens with zero attached hydrogens (tertiary/aromatic N) is 1. The molecule has 1 aromatic heterocycles. The lowest BCUT2D eigenvalue weighted by molar-refractivity contribution is -0.131. The van der Waals surface area contributed by atoms with Gasteiger partial charge in [-0.1, -0.05) is 29.8 Å². The number of hydrogen-bond donors (Lipinski definition) is 1. The van der Waals surface area contributed by atoms with Crippen molar-refractivity contribution in [1.29, 1.82) is 0 Å². The van der Waals surface area contributed by atoms with Crippen molar-refractivity contribution >= 4 is 34.5 Å². The van der Waals surface area contributed by atoms with E-state index >= 15 is 0 Å². The number of rotatable bonds is 3. The maximum absolute atomic E-state index is 13.3. The van der Waals surface area contributed by atoms with Gasteiger partial charge < -0.3 is 9.73 Å². The van der Waals surface area contributed by atoms with Crippen molar-refractivity contribution in [3.05, 3.63) is 80.2 Å². The summed E-state index contributed by atoms with van der Waals surface area (Å²) in [6, 6.07) is 11.7. The molecule has 2 aliphatic rings. The number of nitrogens with one attached hydrogen (secondary N) is 1. The lowest BCUT2D eigenvalue weighted by Gasteiger charge is -2.23. The van der Waals surface area contributed by atoms with Crippen molar-refractivity contribution in [2.45, 2.75) is 38.3 Å². The highest BCUT2D eigenvalue weighted by Gasteiger charge is 2.49. The average Bonchev–Trinajstić information content (AvgIpc) is 3.24. The largest absolute Gasteiger partial charge is 0.423 e. The summed E-state index contributed by atoms with van der Waals surface area (Å²) in [5, 5.41) is 3.92. The van der Waals surface area contributed by atoms with E-state index in [1.165, 1.54) is 17.2 Å². The Morgan fingerprint density at radius 2 is 1.83 bits per heavy atom. The Morgan fingerprint density at radius 1 is 1.10 bits per heavy atom. The van der Waals surface area contributed by atoms with Gasteiger partial charge in [-0.15, -0.1) is 0 Å². The second-order valence-electron chi connectivity index (χ2n) is 7.99.